The van der Waals surface area contributed by atoms with Gasteiger partial charge in [-0.1, -0.05) is 0 Å². The van der Waals surface area contributed by atoms with Crippen LogP contribution in [0, 0.1) is 5.92 Å². The summed E-state index contributed by atoms with van der Waals surface area (Å²) in [5.41, 5.74) is 0. The molecule has 2 aliphatic rings. The van der Waals surface area contributed by atoms with Crippen LogP contribution in [-0.2, 0) is 14.6 Å². The third-order valence-electron chi connectivity index (χ3n) is 3.92. The molecular formula is C12H20N2O5S. The summed E-state index contributed by atoms with van der Waals surface area (Å²) in [4.78, 5) is 24.4. The molecular weight excluding hydrogens is 284 g/mol. The molecule has 114 valence electrons. The van der Waals surface area contributed by atoms with Crippen molar-refractivity contribution in [3.63, 3.8) is 0 Å². The molecule has 0 aromatic rings. The molecule has 2 heterocycles. The summed E-state index contributed by atoms with van der Waals surface area (Å²) in [6, 6.07) is -0.602. The molecule has 0 aliphatic carbocycles. The SMILES string of the molecule is O=C(O)C1CCN(C(=O)NC2CCCS(=O)(=O)C2)CC1. The maximum absolute atomic E-state index is 12.0. The number of aliphatic carboxylic acids is 1. The van der Waals surface area contributed by atoms with Gasteiger partial charge in [0.2, 0.25) is 0 Å². The molecule has 7 nitrogen and oxygen atoms in total. The summed E-state index contributed by atoms with van der Waals surface area (Å²) in [6.07, 6.45) is 2.16. The van der Waals surface area contributed by atoms with Gasteiger partial charge in [0.1, 0.15) is 0 Å². The van der Waals surface area contributed by atoms with Crippen LogP contribution in [0.3, 0.4) is 0 Å². The number of hydrogen-bond donors (Lipinski definition) is 2. The third-order valence-corrected chi connectivity index (χ3v) is 5.74. The lowest BCUT2D eigenvalue weighted by molar-refractivity contribution is -0.143. The Hall–Kier alpha value is -1.31. The van der Waals surface area contributed by atoms with Gasteiger partial charge in [0.15, 0.2) is 9.84 Å². The Labute approximate surface area is 118 Å². The first kappa shape index (κ1) is 15.1. The summed E-state index contributed by atoms with van der Waals surface area (Å²) >= 11 is 0. The van der Waals surface area contributed by atoms with Crippen molar-refractivity contribution < 1.29 is 23.1 Å². The number of sulfone groups is 1. The minimum atomic E-state index is -3.04. The van der Waals surface area contributed by atoms with Crippen molar-refractivity contribution in [2.24, 2.45) is 5.92 Å². The Morgan fingerprint density at radius 3 is 2.35 bits per heavy atom. The standard InChI is InChI=1S/C12H20N2O5S/c15-11(16)9-3-5-14(6-4-9)12(17)13-10-2-1-7-20(18,19)8-10/h9-10H,1-8H2,(H,13,17)(H,15,16). The van der Waals surface area contributed by atoms with Crippen molar-refractivity contribution in [3.05, 3.63) is 0 Å². The lowest BCUT2D eigenvalue weighted by Crippen LogP contribution is -2.51. The second kappa shape index (κ2) is 5.99. The number of amides is 2. The molecule has 2 aliphatic heterocycles. The van der Waals surface area contributed by atoms with E-state index < -0.39 is 15.8 Å². The van der Waals surface area contributed by atoms with Crippen molar-refractivity contribution in [2.75, 3.05) is 24.6 Å². The van der Waals surface area contributed by atoms with Gasteiger partial charge in [-0.15, -0.1) is 0 Å². The molecule has 20 heavy (non-hydrogen) atoms. The summed E-state index contributed by atoms with van der Waals surface area (Å²) in [6.45, 7) is 0.810. The number of carbonyl (C=O) groups excluding carboxylic acids is 1. The molecule has 8 heteroatoms. The number of nitrogens with zero attached hydrogens (tertiary/aromatic N) is 1. The van der Waals surface area contributed by atoms with Gasteiger partial charge in [-0.2, -0.15) is 0 Å². The van der Waals surface area contributed by atoms with E-state index in [-0.39, 0.29) is 29.5 Å². The van der Waals surface area contributed by atoms with Gasteiger partial charge in [-0.05, 0) is 25.7 Å². The van der Waals surface area contributed by atoms with Crippen LogP contribution in [0.4, 0.5) is 4.79 Å². The van der Waals surface area contributed by atoms with E-state index in [4.69, 9.17) is 5.11 Å². The molecule has 2 fully saturated rings. The van der Waals surface area contributed by atoms with Crippen LogP contribution in [-0.4, -0.2) is 61.1 Å². The Morgan fingerprint density at radius 2 is 1.80 bits per heavy atom. The zero-order chi connectivity index (χ0) is 14.8. The second-order valence-electron chi connectivity index (χ2n) is 5.50. The molecule has 1 unspecified atom stereocenters. The van der Waals surface area contributed by atoms with Crippen LogP contribution in [0.25, 0.3) is 0 Å². The minimum absolute atomic E-state index is 0.00430. The Bertz CT molecular complexity index is 482. The first-order valence-electron chi connectivity index (χ1n) is 6.86. The summed E-state index contributed by atoms with van der Waals surface area (Å²) in [5.74, 6) is -0.995. The highest BCUT2D eigenvalue weighted by atomic mass is 32.2. The van der Waals surface area contributed by atoms with E-state index in [1.807, 2.05) is 0 Å². The summed E-state index contributed by atoms with van der Waals surface area (Å²) < 4.78 is 23.0. The van der Waals surface area contributed by atoms with Crippen molar-refractivity contribution in [2.45, 2.75) is 31.7 Å². The highest BCUT2D eigenvalue weighted by Crippen LogP contribution is 2.18. The highest BCUT2D eigenvalue weighted by Gasteiger charge is 2.30. The average Bonchev–Trinajstić information content (AvgIpc) is 2.37. The third kappa shape index (κ3) is 3.84. The maximum atomic E-state index is 12.0. The van der Waals surface area contributed by atoms with Crippen LogP contribution in [0.2, 0.25) is 0 Å². The number of nitrogens with one attached hydrogen (secondary N) is 1. The normalized spacial score (nSPS) is 27.0. The zero-order valence-electron chi connectivity index (χ0n) is 11.2. The van der Waals surface area contributed by atoms with E-state index in [1.54, 1.807) is 4.90 Å². The summed E-state index contributed by atoms with van der Waals surface area (Å²) in [7, 11) is -3.04. The molecule has 0 saturated carbocycles. The molecule has 2 amide bonds. The number of piperidine rings is 1. The predicted molar refractivity (Wildman–Crippen MR) is 72.1 cm³/mol. The molecule has 0 aromatic carbocycles. The molecule has 0 radical (unpaired) electrons. The molecule has 1 atom stereocenters. The van der Waals surface area contributed by atoms with E-state index in [0.717, 1.165) is 0 Å². The van der Waals surface area contributed by atoms with E-state index in [9.17, 15) is 18.0 Å². The number of likely N-dealkylation sites (tertiary alicyclic amines) is 1. The zero-order valence-corrected chi connectivity index (χ0v) is 12.1. The fourth-order valence-corrected chi connectivity index (χ4v) is 4.37. The molecule has 0 bridgehead atoms. The van der Waals surface area contributed by atoms with E-state index >= 15 is 0 Å². The molecule has 0 spiro atoms. The Balaban J connectivity index is 1.82. The smallest absolute Gasteiger partial charge is 0.317 e. The number of rotatable bonds is 2. The van der Waals surface area contributed by atoms with Crippen LogP contribution in [0.15, 0.2) is 0 Å². The van der Waals surface area contributed by atoms with E-state index in [0.29, 0.717) is 38.8 Å². The van der Waals surface area contributed by atoms with E-state index in [1.165, 1.54) is 0 Å². The predicted octanol–water partition coefficient (Wildman–Crippen LogP) is 0.0698. The monoisotopic (exact) mass is 304 g/mol. The van der Waals surface area contributed by atoms with E-state index in [2.05, 4.69) is 5.32 Å². The highest BCUT2D eigenvalue weighted by molar-refractivity contribution is 7.91. The number of carboxylic acid groups (broad SMARTS) is 1. The van der Waals surface area contributed by atoms with Crippen LogP contribution < -0.4 is 5.32 Å². The minimum Gasteiger partial charge on any atom is -0.481 e. The van der Waals surface area contributed by atoms with Crippen LogP contribution in [0.1, 0.15) is 25.7 Å². The van der Waals surface area contributed by atoms with Crippen molar-refractivity contribution >= 4 is 21.8 Å². The van der Waals surface area contributed by atoms with Crippen molar-refractivity contribution in [1.82, 2.24) is 10.2 Å². The topological polar surface area (TPSA) is 104 Å². The molecule has 2 rings (SSSR count). The quantitative estimate of drug-likeness (QED) is 0.751. The fourth-order valence-electron chi connectivity index (χ4n) is 2.73. The van der Waals surface area contributed by atoms with Gasteiger partial charge < -0.3 is 15.3 Å². The number of carboxylic acids is 1. The van der Waals surface area contributed by atoms with Gasteiger partial charge in [0.05, 0.1) is 17.4 Å². The van der Waals surface area contributed by atoms with Gasteiger partial charge >= 0.3 is 12.0 Å². The average molecular weight is 304 g/mol. The lowest BCUT2D eigenvalue weighted by atomic mass is 9.97. The van der Waals surface area contributed by atoms with Crippen molar-refractivity contribution in [1.29, 1.82) is 0 Å². The maximum Gasteiger partial charge on any atom is 0.317 e. The number of carbonyl (C=O) groups is 2. The number of hydrogen-bond acceptors (Lipinski definition) is 4. The number of urea groups is 1. The Kier molecular flexibility index (Phi) is 4.52. The lowest BCUT2D eigenvalue weighted by Gasteiger charge is -2.32. The molecule has 2 saturated heterocycles. The van der Waals surface area contributed by atoms with Gasteiger partial charge in [-0.3, -0.25) is 4.79 Å². The van der Waals surface area contributed by atoms with Crippen LogP contribution >= 0.6 is 0 Å². The first-order valence-corrected chi connectivity index (χ1v) is 8.68. The second-order valence-corrected chi connectivity index (χ2v) is 7.73. The summed E-state index contributed by atoms with van der Waals surface area (Å²) in [5, 5.41) is 11.6. The van der Waals surface area contributed by atoms with Crippen molar-refractivity contribution in [3.8, 4) is 0 Å². The van der Waals surface area contributed by atoms with Gasteiger partial charge in [-0.25, -0.2) is 13.2 Å². The van der Waals surface area contributed by atoms with Gasteiger partial charge in [0.25, 0.3) is 0 Å². The van der Waals surface area contributed by atoms with Gasteiger partial charge in [0, 0.05) is 19.1 Å². The van der Waals surface area contributed by atoms with Crippen LogP contribution in [0.5, 0.6) is 0 Å². The molecule has 2 N–H and O–H groups in total. The first-order chi connectivity index (χ1) is 9.37. The largest absolute Gasteiger partial charge is 0.481 e. The Morgan fingerprint density at radius 1 is 1.15 bits per heavy atom. The molecule has 0 aromatic heterocycles. The fraction of sp³-hybridized carbons (Fsp3) is 0.833.